The molecule has 0 fully saturated rings. The van der Waals surface area contributed by atoms with Gasteiger partial charge in [-0.05, 0) is 29.8 Å². The molecular formula is C18H16ClN3O. The van der Waals surface area contributed by atoms with E-state index in [0.29, 0.717) is 17.9 Å². The van der Waals surface area contributed by atoms with Gasteiger partial charge in [0.15, 0.2) is 0 Å². The van der Waals surface area contributed by atoms with Crippen LogP contribution in [-0.4, -0.2) is 17.1 Å². The zero-order valence-corrected chi connectivity index (χ0v) is 13.4. The Hall–Kier alpha value is -2.59. The zero-order chi connectivity index (χ0) is 16.2. The molecule has 3 rings (SSSR count). The molecule has 0 aliphatic heterocycles. The molecule has 0 aliphatic carbocycles. The van der Waals surface area contributed by atoms with Crippen molar-refractivity contribution in [3.05, 3.63) is 71.3 Å². The molecule has 116 valence electrons. The first-order valence-electron chi connectivity index (χ1n) is 7.14. The number of aromatic nitrogens is 2. The SMILES string of the molecule is COc1cncc(-c2cc(N)cnc2Cc2ccc(Cl)cc2)c1. The van der Waals surface area contributed by atoms with Crippen LogP contribution in [0.3, 0.4) is 0 Å². The van der Waals surface area contributed by atoms with Crippen molar-refractivity contribution in [2.24, 2.45) is 0 Å². The molecule has 0 bridgehead atoms. The molecular weight excluding hydrogens is 310 g/mol. The second kappa shape index (κ2) is 6.67. The van der Waals surface area contributed by atoms with E-state index in [1.54, 1.807) is 25.7 Å². The third-order valence-corrected chi connectivity index (χ3v) is 3.79. The molecule has 0 unspecified atom stereocenters. The van der Waals surface area contributed by atoms with Crippen molar-refractivity contribution in [1.29, 1.82) is 0 Å². The number of hydrogen-bond donors (Lipinski definition) is 1. The van der Waals surface area contributed by atoms with Crippen molar-refractivity contribution in [1.82, 2.24) is 9.97 Å². The fourth-order valence-corrected chi connectivity index (χ4v) is 2.50. The maximum Gasteiger partial charge on any atom is 0.137 e. The van der Waals surface area contributed by atoms with E-state index in [1.165, 1.54) is 0 Å². The van der Waals surface area contributed by atoms with E-state index >= 15 is 0 Å². The van der Waals surface area contributed by atoms with Gasteiger partial charge in [-0.1, -0.05) is 23.7 Å². The summed E-state index contributed by atoms with van der Waals surface area (Å²) in [6, 6.07) is 11.6. The molecule has 23 heavy (non-hydrogen) atoms. The van der Waals surface area contributed by atoms with E-state index in [9.17, 15) is 0 Å². The summed E-state index contributed by atoms with van der Waals surface area (Å²) in [5, 5.41) is 0.719. The van der Waals surface area contributed by atoms with Gasteiger partial charge in [-0.2, -0.15) is 0 Å². The standard InChI is InChI=1S/C18H16ClN3O/c1-23-16-7-13(9-21-11-16)17-8-15(20)10-22-18(17)6-12-2-4-14(19)5-3-12/h2-5,7-11H,6,20H2,1H3. The van der Waals surface area contributed by atoms with Gasteiger partial charge in [0.2, 0.25) is 0 Å². The van der Waals surface area contributed by atoms with Gasteiger partial charge in [-0.3, -0.25) is 9.97 Å². The number of benzene rings is 1. The van der Waals surface area contributed by atoms with Gasteiger partial charge in [0.25, 0.3) is 0 Å². The number of hydrogen-bond acceptors (Lipinski definition) is 4. The molecule has 5 heteroatoms. The lowest BCUT2D eigenvalue weighted by atomic mass is 10.00. The Balaban J connectivity index is 2.02. The first-order valence-corrected chi connectivity index (χ1v) is 7.52. The molecule has 0 saturated carbocycles. The number of rotatable bonds is 4. The summed E-state index contributed by atoms with van der Waals surface area (Å²) in [4.78, 5) is 8.71. The van der Waals surface area contributed by atoms with Crippen LogP contribution in [0.4, 0.5) is 5.69 Å². The Morgan fingerprint density at radius 1 is 1.09 bits per heavy atom. The summed E-state index contributed by atoms with van der Waals surface area (Å²) in [5.74, 6) is 0.697. The predicted octanol–water partition coefficient (Wildman–Crippen LogP) is 3.98. The Labute approximate surface area is 139 Å². The molecule has 0 amide bonds. The lowest BCUT2D eigenvalue weighted by molar-refractivity contribution is 0.413. The second-order valence-electron chi connectivity index (χ2n) is 5.18. The third kappa shape index (κ3) is 3.60. The fraction of sp³-hybridized carbons (Fsp3) is 0.111. The summed E-state index contributed by atoms with van der Waals surface area (Å²) >= 11 is 5.94. The Morgan fingerprint density at radius 3 is 2.61 bits per heavy atom. The van der Waals surface area contributed by atoms with E-state index in [0.717, 1.165) is 27.4 Å². The van der Waals surface area contributed by atoms with Crippen molar-refractivity contribution >= 4 is 17.3 Å². The Bertz CT molecular complexity index is 819. The number of nitrogens with two attached hydrogens (primary N) is 1. The monoisotopic (exact) mass is 325 g/mol. The minimum absolute atomic E-state index is 0.614. The fourth-order valence-electron chi connectivity index (χ4n) is 2.37. The maximum absolute atomic E-state index is 5.94. The normalized spacial score (nSPS) is 10.5. The van der Waals surface area contributed by atoms with Crippen LogP contribution < -0.4 is 10.5 Å². The first kappa shape index (κ1) is 15.3. The van der Waals surface area contributed by atoms with Crippen molar-refractivity contribution in [3.8, 4) is 16.9 Å². The van der Waals surface area contributed by atoms with Crippen LogP contribution >= 0.6 is 11.6 Å². The van der Waals surface area contributed by atoms with E-state index in [2.05, 4.69) is 9.97 Å². The quantitative estimate of drug-likeness (QED) is 0.788. The number of pyridine rings is 2. The van der Waals surface area contributed by atoms with Gasteiger partial charge in [0, 0.05) is 28.8 Å². The van der Waals surface area contributed by atoms with Crippen LogP contribution in [0.1, 0.15) is 11.3 Å². The van der Waals surface area contributed by atoms with Gasteiger partial charge < -0.3 is 10.5 Å². The minimum Gasteiger partial charge on any atom is -0.495 e. The summed E-state index contributed by atoms with van der Waals surface area (Å²) < 4.78 is 5.25. The molecule has 0 aliphatic rings. The molecule has 2 aromatic heterocycles. The van der Waals surface area contributed by atoms with Crippen LogP contribution in [0.2, 0.25) is 5.02 Å². The van der Waals surface area contributed by atoms with E-state index in [4.69, 9.17) is 22.1 Å². The number of ether oxygens (including phenoxy) is 1. The largest absolute Gasteiger partial charge is 0.495 e. The van der Waals surface area contributed by atoms with Crippen LogP contribution in [0.5, 0.6) is 5.75 Å². The van der Waals surface area contributed by atoms with Gasteiger partial charge >= 0.3 is 0 Å². The maximum atomic E-state index is 5.94. The van der Waals surface area contributed by atoms with Gasteiger partial charge in [-0.25, -0.2) is 0 Å². The lowest BCUT2D eigenvalue weighted by Gasteiger charge is -2.11. The van der Waals surface area contributed by atoms with Crippen LogP contribution in [0.15, 0.2) is 55.0 Å². The highest BCUT2D eigenvalue weighted by Crippen LogP contribution is 2.28. The molecule has 2 heterocycles. The molecule has 0 spiro atoms. The van der Waals surface area contributed by atoms with E-state index < -0.39 is 0 Å². The topological polar surface area (TPSA) is 61.0 Å². The van der Waals surface area contributed by atoms with Crippen molar-refractivity contribution in [2.75, 3.05) is 12.8 Å². The first-order chi connectivity index (χ1) is 11.2. The highest BCUT2D eigenvalue weighted by atomic mass is 35.5. The number of methoxy groups -OCH3 is 1. The number of nitrogen functional groups attached to an aromatic ring is 1. The van der Waals surface area contributed by atoms with E-state index in [-0.39, 0.29) is 0 Å². The second-order valence-corrected chi connectivity index (χ2v) is 5.62. The molecule has 4 nitrogen and oxygen atoms in total. The molecule has 0 atom stereocenters. The zero-order valence-electron chi connectivity index (χ0n) is 12.7. The molecule has 3 aromatic rings. The summed E-state index contributed by atoms with van der Waals surface area (Å²) in [6.45, 7) is 0. The van der Waals surface area contributed by atoms with Crippen LogP contribution in [0, 0.1) is 0 Å². The number of nitrogens with zero attached hydrogens (tertiary/aromatic N) is 2. The number of anilines is 1. The van der Waals surface area contributed by atoms with Gasteiger partial charge in [-0.15, -0.1) is 0 Å². The third-order valence-electron chi connectivity index (χ3n) is 3.54. The van der Waals surface area contributed by atoms with Crippen LogP contribution in [-0.2, 0) is 6.42 Å². The Morgan fingerprint density at radius 2 is 1.87 bits per heavy atom. The molecule has 2 N–H and O–H groups in total. The minimum atomic E-state index is 0.614. The average molecular weight is 326 g/mol. The average Bonchev–Trinajstić information content (AvgIpc) is 2.58. The van der Waals surface area contributed by atoms with Crippen LogP contribution in [0.25, 0.3) is 11.1 Å². The Kier molecular flexibility index (Phi) is 4.44. The highest BCUT2D eigenvalue weighted by Gasteiger charge is 2.10. The summed E-state index contributed by atoms with van der Waals surface area (Å²) in [6.07, 6.45) is 5.80. The summed E-state index contributed by atoms with van der Waals surface area (Å²) in [7, 11) is 1.62. The summed E-state index contributed by atoms with van der Waals surface area (Å²) in [5.41, 5.74) is 10.5. The van der Waals surface area contributed by atoms with Gasteiger partial charge in [0.1, 0.15) is 5.75 Å². The molecule has 0 saturated heterocycles. The number of halogens is 1. The highest BCUT2D eigenvalue weighted by molar-refractivity contribution is 6.30. The molecule has 1 aromatic carbocycles. The van der Waals surface area contributed by atoms with Crippen molar-refractivity contribution < 1.29 is 4.74 Å². The lowest BCUT2D eigenvalue weighted by Crippen LogP contribution is -1.99. The van der Waals surface area contributed by atoms with Crippen molar-refractivity contribution in [2.45, 2.75) is 6.42 Å². The van der Waals surface area contributed by atoms with Crippen molar-refractivity contribution in [3.63, 3.8) is 0 Å². The predicted molar refractivity (Wildman–Crippen MR) is 92.7 cm³/mol. The molecule has 0 radical (unpaired) electrons. The van der Waals surface area contributed by atoms with E-state index in [1.807, 2.05) is 36.4 Å². The smallest absolute Gasteiger partial charge is 0.137 e. The van der Waals surface area contributed by atoms with Gasteiger partial charge in [0.05, 0.1) is 30.9 Å².